The van der Waals surface area contributed by atoms with E-state index in [1.165, 1.54) is 11.8 Å². The van der Waals surface area contributed by atoms with Crippen LogP contribution in [0.1, 0.15) is 31.9 Å². The summed E-state index contributed by atoms with van der Waals surface area (Å²) in [6.45, 7) is 11.6. The molecule has 2 aromatic carbocycles. The van der Waals surface area contributed by atoms with Gasteiger partial charge in [0, 0.05) is 37.4 Å². The molecule has 2 atom stereocenters. The SMILES string of the molecule is CCn1c(SCC(=O)Nc2ccccc2CN2CC(C)OC(C)C2)nnc1-c1ccccc1C. The minimum absolute atomic E-state index is 0.0516. The zero-order valence-electron chi connectivity index (χ0n) is 20.3. The van der Waals surface area contributed by atoms with E-state index in [9.17, 15) is 4.79 Å². The molecule has 180 valence electrons. The number of rotatable bonds is 8. The lowest BCUT2D eigenvalue weighted by Crippen LogP contribution is -2.44. The predicted octanol–water partition coefficient (Wildman–Crippen LogP) is 4.61. The van der Waals surface area contributed by atoms with Gasteiger partial charge in [-0.25, -0.2) is 0 Å². The standard InChI is InChI=1S/C26H33N5O2S/c1-5-31-25(22-12-8-6-10-18(22)2)28-29-26(31)34-17-24(32)27-23-13-9-7-11-21(23)16-30-14-19(3)33-20(4)15-30/h6-13,19-20H,5,14-17H2,1-4H3,(H,27,32). The first kappa shape index (κ1) is 24.4. The molecule has 34 heavy (non-hydrogen) atoms. The van der Waals surface area contributed by atoms with E-state index in [0.717, 1.165) is 59.5 Å². The van der Waals surface area contributed by atoms with Gasteiger partial charge in [-0.1, -0.05) is 54.2 Å². The van der Waals surface area contributed by atoms with Crippen LogP contribution >= 0.6 is 11.8 Å². The van der Waals surface area contributed by atoms with E-state index in [4.69, 9.17) is 4.74 Å². The van der Waals surface area contributed by atoms with Gasteiger partial charge in [-0.15, -0.1) is 10.2 Å². The van der Waals surface area contributed by atoms with Gasteiger partial charge in [0.1, 0.15) is 0 Å². The molecule has 0 bridgehead atoms. The van der Waals surface area contributed by atoms with E-state index in [2.05, 4.69) is 70.9 Å². The average Bonchev–Trinajstić information content (AvgIpc) is 3.21. The normalized spacial score (nSPS) is 18.7. The van der Waals surface area contributed by atoms with Crippen LogP contribution in [0.3, 0.4) is 0 Å². The first-order chi connectivity index (χ1) is 16.4. The fraction of sp³-hybridized carbons (Fsp3) is 0.423. The third-order valence-electron chi connectivity index (χ3n) is 5.93. The van der Waals surface area contributed by atoms with Crippen molar-refractivity contribution in [2.75, 3.05) is 24.2 Å². The number of carbonyl (C=O) groups is 1. The summed E-state index contributed by atoms with van der Waals surface area (Å²) in [5.41, 5.74) is 4.19. The van der Waals surface area contributed by atoms with Crippen molar-refractivity contribution in [2.24, 2.45) is 0 Å². The third-order valence-corrected chi connectivity index (χ3v) is 6.90. The number of nitrogens with one attached hydrogen (secondary N) is 1. The second kappa shape index (κ2) is 11.2. The van der Waals surface area contributed by atoms with Crippen LogP contribution in [-0.4, -0.2) is 56.6 Å². The lowest BCUT2D eigenvalue weighted by Gasteiger charge is -2.35. The topological polar surface area (TPSA) is 72.3 Å². The highest BCUT2D eigenvalue weighted by Gasteiger charge is 2.23. The quantitative estimate of drug-likeness (QED) is 0.476. The molecule has 1 aliphatic rings. The van der Waals surface area contributed by atoms with Crippen LogP contribution in [0, 0.1) is 6.92 Å². The molecule has 8 heteroatoms. The molecule has 1 N–H and O–H groups in total. The Labute approximate surface area is 205 Å². The number of para-hydroxylation sites is 1. The number of anilines is 1. The molecule has 0 saturated carbocycles. The Morgan fingerprint density at radius 2 is 1.79 bits per heavy atom. The average molecular weight is 480 g/mol. The summed E-state index contributed by atoms with van der Waals surface area (Å²) in [4.78, 5) is 15.2. The minimum atomic E-state index is -0.0516. The number of amides is 1. The Hall–Kier alpha value is -2.68. The first-order valence-corrected chi connectivity index (χ1v) is 12.8. The maximum Gasteiger partial charge on any atom is 0.234 e. The molecule has 2 unspecified atom stereocenters. The van der Waals surface area contributed by atoms with Gasteiger partial charge in [0.2, 0.25) is 5.91 Å². The zero-order chi connectivity index (χ0) is 24.1. The Kier molecular flexibility index (Phi) is 8.03. The van der Waals surface area contributed by atoms with Gasteiger partial charge < -0.3 is 14.6 Å². The summed E-state index contributed by atoms with van der Waals surface area (Å²) in [5.74, 6) is 1.05. The van der Waals surface area contributed by atoms with E-state index in [1.54, 1.807) is 0 Å². The molecule has 1 amide bonds. The van der Waals surface area contributed by atoms with E-state index in [0.29, 0.717) is 0 Å². The van der Waals surface area contributed by atoms with Crippen LogP contribution in [0.25, 0.3) is 11.4 Å². The molecule has 1 aliphatic heterocycles. The maximum absolute atomic E-state index is 12.8. The highest BCUT2D eigenvalue weighted by molar-refractivity contribution is 7.99. The number of carbonyl (C=O) groups excluding carboxylic acids is 1. The summed E-state index contributed by atoms with van der Waals surface area (Å²) in [6.07, 6.45) is 0.421. The number of thioether (sulfide) groups is 1. The second-order valence-electron chi connectivity index (χ2n) is 8.81. The second-order valence-corrected chi connectivity index (χ2v) is 9.75. The lowest BCUT2D eigenvalue weighted by atomic mass is 10.1. The van der Waals surface area contributed by atoms with Gasteiger partial charge in [-0.2, -0.15) is 0 Å². The Morgan fingerprint density at radius 3 is 2.53 bits per heavy atom. The van der Waals surface area contributed by atoms with Crippen molar-refractivity contribution in [2.45, 2.75) is 58.1 Å². The van der Waals surface area contributed by atoms with Gasteiger partial charge >= 0.3 is 0 Å². The number of hydrogen-bond acceptors (Lipinski definition) is 6. The summed E-state index contributed by atoms with van der Waals surface area (Å²) < 4.78 is 7.92. The van der Waals surface area contributed by atoms with Crippen LogP contribution in [0.15, 0.2) is 53.7 Å². The van der Waals surface area contributed by atoms with E-state index in [-0.39, 0.29) is 23.9 Å². The van der Waals surface area contributed by atoms with Crippen LogP contribution in [0.2, 0.25) is 0 Å². The molecule has 0 radical (unpaired) electrons. The first-order valence-electron chi connectivity index (χ1n) is 11.8. The molecule has 1 saturated heterocycles. The smallest absolute Gasteiger partial charge is 0.234 e. The summed E-state index contributed by atoms with van der Waals surface area (Å²) in [6, 6.07) is 16.2. The lowest BCUT2D eigenvalue weighted by molar-refractivity contribution is -0.113. The highest BCUT2D eigenvalue weighted by atomic mass is 32.2. The molecule has 2 heterocycles. The molecule has 1 aromatic heterocycles. The van der Waals surface area contributed by atoms with Crippen LogP contribution in [-0.2, 0) is 22.6 Å². The number of aryl methyl sites for hydroxylation is 1. The van der Waals surface area contributed by atoms with Crippen molar-refractivity contribution in [3.05, 3.63) is 59.7 Å². The highest BCUT2D eigenvalue weighted by Crippen LogP contribution is 2.27. The predicted molar refractivity (Wildman–Crippen MR) is 137 cm³/mol. The largest absolute Gasteiger partial charge is 0.373 e. The molecule has 1 fully saturated rings. The monoisotopic (exact) mass is 479 g/mol. The molecule has 0 aliphatic carbocycles. The third kappa shape index (κ3) is 5.87. The Bertz CT molecular complexity index is 1120. The van der Waals surface area contributed by atoms with Gasteiger partial charge in [0.15, 0.2) is 11.0 Å². The molecule has 0 spiro atoms. The van der Waals surface area contributed by atoms with E-state index in [1.807, 2.05) is 30.3 Å². The Balaban J connectivity index is 1.40. The molecule has 3 aromatic rings. The van der Waals surface area contributed by atoms with Gasteiger partial charge in [0.25, 0.3) is 0 Å². The fourth-order valence-corrected chi connectivity index (χ4v) is 5.26. The fourth-order valence-electron chi connectivity index (χ4n) is 4.45. The van der Waals surface area contributed by atoms with Crippen molar-refractivity contribution >= 4 is 23.4 Å². The van der Waals surface area contributed by atoms with Crippen molar-refractivity contribution in [3.8, 4) is 11.4 Å². The van der Waals surface area contributed by atoms with Crippen LogP contribution < -0.4 is 5.32 Å². The van der Waals surface area contributed by atoms with Gasteiger partial charge in [-0.3, -0.25) is 9.69 Å². The number of morpholine rings is 1. The van der Waals surface area contributed by atoms with Crippen LogP contribution in [0.5, 0.6) is 0 Å². The maximum atomic E-state index is 12.8. The molecular formula is C26H33N5O2S. The van der Waals surface area contributed by atoms with Gasteiger partial charge in [-0.05, 0) is 44.9 Å². The number of benzene rings is 2. The summed E-state index contributed by atoms with van der Waals surface area (Å²) in [7, 11) is 0. The molecular weight excluding hydrogens is 446 g/mol. The number of ether oxygens (including phenoxy) is 1. The van der Waals surface area contributed by atoms with Gasteiger partial charge in [0.05, 0.1) is 18.0 Å². The zero-order valence-corrected chi connectivity index (χ0v) is 21.1. The number of aromatic nitrogens is 3. The summed E-state index contributed by atoms with van der Waals surface area (Å²) in [5, 5.41) is 12.6. The van der Waals surface area contributed by atoms with Crippen LogP contribution in [0.4, 0.5) is 5.69 Å². The summed E-state index contributed by atoms with van der Waals surface area (Å²) >= 11 is 1.41. The van der Waals surface area contributed by atoms with Crippen molar-refractivity contribution < 1.29 is 9.53 Å². The number of nitrogens with zero attached hydrogens (tertiary/aromatic N) is 4. The molecule has 4 rings (SSSR count). The van der Waals surface area contributed by atoms with E-state index >= 15 is 0 Å². The molecule has 7 nitrogen and oxygen atoms in total. The van der Waals surface area contributed by atoms with Crippen molar-refractivity contribution in [1.82, 2.24) is 19.7 Å². The van der Waals surface area contributed by atoms with E-state index < -0.39 is 0 Å². The van der Waals surface area contributed by atoms with Crippen molar-refractivity contribution in [3.63, 3.8) is 0 Å². The van der Waals surface area contributed by atoms with Crippen molar-refractivity contribution in [1.29, 1.82) is 0 Å². The number of hydrogen-bond donors (Lipinski definition) is 1. The minimum Gasteiger partial charge on any atom is -0.373 e. The Morgan fingerprint density at radius 1 is 1.09 bits per heavy atom.